The third-order valence-corrected chi connectivity index (χ3v) is 3.85. The lowest BCUT2D eigenvalue weighted by molar-refractivity contribution is 0.152. The van der Waals surface area contributed by atoms with E-state index in [1.54, 1.807) is 18.2 Å². The number of aliphatic hydroxyl groups excluding tert-OH is 1. The molecule has 0 aromatic heterocycles. The molecule has 1 aromatic rings. The van der Waals surface area contributed by atoms with Crippen molar-refractivity contribution in [2.75, 3.05) is 26.8 Å². The van der Waals surface area contributed by atoms with Crippen LogP contribution in [0.25, 0.3) is 0 Å². The minimum absolute atomic E-state index is 0.00939. The first-order valence-electron chi connectivity index (χ1n) is 6.53. The van der Waals surface area contributed by atoms with Crippen molar-refractivity contribution >= 4 is 6.09 Å². The molecule has 1 amide bonds. The van der Waals surface area contributed by atoms with Crippen LogP contribution in [-0.4, -0.2) is 53.1 Å². The maximum Gasteiger partial charge on any atom is 0.407 e. The van der Waals surface area contributed by atoms with Gasteiger partial charge in [0.1, 0.15) is 11.5 Å². The molecule has 1 heterocycles. The summed E-state index contributed by atoms with van der Waals surface area (Å²) in [4.78, 5) is 12.5. The van der Waals surface area contributed by atoms with E-state index in [-0.39, 0.29) is 24.2 Å². The number of hydrogen-bond acceptors (Lipinski definition) is 4. The molecule has 6 nitrogen and oxygen atoms in total. The lowest BCUT2D eigenvalue weighted by atomic mass is 9.86. The first-order valence-corrected chi connectivity index (χ1v) is 6.53. The van der Waals surface area contributed by atoms with E-state index in [9.17, 15) is 9.90 Å². The standard InChI is InChI=1S/C14H19NO5/c1-20-12-4-2-3-11(17)13(12)10-8-15(14(18)19)7-9(10)5-6-16/h2-4,9-10,16-17H,5-8H2,1H3,(H,18,19)/t9-,10-/m1/s1. The van der Waals surface area contributed by atoms with Crippen LogP contribution in [0.15, 0.2) is 18.2 Å². The molecular weight excluding hydrogens is 262 g/mol. The number of phenolic OH excluding ortho intramolecular Hbond substituents is 1. The molecule has 2 atom stereocenters. The number of carboxylic acid groups (broad SMARTS) is 1. The molecule has 0 bridgehead atoms. The fraction of sp³-hybridized carbons (Fsp3) is 0.500. The highest BCUT2D eigenvalue weighted by Gasteiger charge is 2.38. The van der Waals surface area contributed by atoms with Gasteiger partial charge in [0.05, 0.1) is 7.11 Å². The Bertz CT molecular complexity index is 490. The molecule has 1 aromatic carbocycles. The molecule has 1 saturated heterocycles. The van der Waals surface area contributed by atoms with Crippen molar-refractivity contribution in [2.24, 2.45) is 5.92 Å². The first-order chi connectivity index (χ1) is 9.58. The number of phenols is 1. The van der Waals surface area contributed by atoms with Crippen LogP contribution in [0.3, 0.4) is 0 Å². The maximum atomic E-state index is 11.1. The Morgan fingerprint density at radius 3 is 2.80 bits per heavy atom. The van der Waals surface area contributed by atoms with E-state index in [4.69, 9.17) is 14.9 Å². The van der Waals surface area contributed by atoms with E-state index in [1.165, 1.54) is 12.0 Å². The zero-order chi connectivity index (χ0) is 14.7. The van der Waals surface area contributed by atoms with Crippen LogP contribution >= 0.6 is 0 Å². The highest BCUT2D eigenvalue weighted by Crippen LogP contribution is 2.43. The molecule has 0 saturated carbocycles. The number of ether oxygens (including phenoxy) is 1. The monoisotopic (exact) mass is 281 g/mol. The summed E-state index contributed by atoms with van der Waals surface area (Å²) in [6, 6.07) is 4.99. The van der Waals surface area contributed by atoms with Crippen molar-refractivity contribution in [3.63, 3.8) is 0 Å². The van der Waals surface area contributed by atoms with Gasteiger partial charge in [0.15, 0.2) is 0 Å². The van der Waals surface area contributed by atoms with Gasteiger partial charge in [0, 0.05) is 31.2 Å². The van der Waals surface area contributed by atoms with Crippen LogP contribution in [0.5, 0.6) is 11.5 Å². The number of nitrogens with zero attached hydrogens (tertiary/aromatic N) is 1. The number of methoxy groups -OCH3 is 1. The smallest absolute Gasteiger partial charge is 0.407 e. The Morgan fingerprint density at radius 1 is 1.45 bits per heavy atom. The summed E-state index contributed by atoms with van der Waals surface area (Å²) < 4.78 is 5.27. The number of aromatic hydroxyl groups is 1. The van der Waals surface area contributed by atoms with E-state index < -0.39 is 6.09 Å². The van der Waals surface area contributed by atoms with Crippen molar-refractivity contribution in [3.8, 4) is 11.5 Å². The molecular formula is C14H19NO5. The van der Waals surface area contributed by atoms with Crippen molar-refractivity contribution in [1.82, 2.24) is 4.90 Å². The SMILES string of the molecule is COc1cccc(O)c1[C@@H]1CN(C(=O)O)C[C@H]1CCO. The third-order valence-electron chi connectivity index (χ3n) is 3.85. The lowest BCUT2D eigenvalue weighted by Gasteiger charge is -2.21. The van der Waals surface area contributed by atoms with Crippen molar-refractivity contribution < 1.29 is 24.9 Å². The molecule has 1 aliphatic rings. The zero-order valence-electron chi connectivity index (χ0n) is 11.3. The summed E-state index contributed by atoms with van der Waals surface area (Å²) >= 11 is 0. The van der Waals surface area contributed by atoms with Crippen molar-refractivity contribution in [3.05, 3.63) is 23.8 Å². The van der Waals surface area contributed by atoms with E-state index in [0.717, 1.165) is 0 Å². The molecule has 3 N–H and O–H groups in total. The molecule has 0 spiro atoms. The lowest BCUT2D eigenvalue weighted by Crippen LogP contribution is -2.27. The van der Waals surface area contributed by atoms with Crippen molar-refractivity contribution in [1.29, 1.82) is 0 Å². The van der Waals surface area contributed by atoms with Gasteiger partial charge in [0.25, 0.3) is 0 Å². The number of amides is 1. The Labute approximate surface area is 117 Å². The first kappa shape index (κ1) is 14.5. The van der Waals surface area contributed by atoms with E-state index in [0.29, 0.717) is 30.8 Å². The number of hydrogen-bond donors (Lipinski definition) is 3. The van der Waals surface area contributed by atoms with Gasteiger partial charge in [-0.25, -0.2) is 4.79 Å². The second-order valence-electron chi connectivity index (χ2n) is 4.96. The summed E-state index contributed by atoms with van der Waals surface area (Å²) in [7, 11) is 1.52. The number of carbonyl (C=O) groups is 1. The van der Waals surface area contributed by atoms with Gasteiger partial charge in [-0.1, -0.05) is 6.07 Å². The van der Waals surface area contributed by atoms with Crippen LogP contribution in [0, 0.1) is 5.92 Å². The predicted molar refractivity (Wildman–Crippen MR) is 72.2 cm³/mol. The van der Waals surface area contributed by atoms with Crippen LogP contribution in [0.4, 0.5) is 4.79 Å². The van der Waals surface area contributed by atoms with Crippen molar-refractivity contribution in [2.45, 2.75) is 12.3 Å². The van der Waals surface area contributed by atoms with Gasteiger partial charge in [-0.15, -0.1) is 0 Å². The van der Waals surface area contributed by atoms with Gasteiger partial charge in [0.2, 0.25) is 0 Å². The number of likely N-dealkylation sites (tertiary alicyclic amines) is 1. The summed E-state index contributed by atoms with van der Waals surface area (Å²) in [6.07, 6.45) is -0.490. The number of rotatable bonds is 4. The largest absolute Gasteiger partial charge is 0.508 e. The Kier molecular flexibility index (Phi) is 4.34. The van der Waals surface area contributed by atoms with Crippen LogP contribution in [-0.2, 0) is 0 Å². The number of benzene rings is 1. The molecule has 0 aliphatic carbocycles. The Morgan fingerprint density at radius 2 is 2.20 bits per heavy atom. The fourth-order valence-corrected chi connectivity index (χ4v) is 2.90. The quantitative estimate of drug-likeness (QED) is 0.777. The Hall–Kier alpha value is -1.95. The van der Waals surface area contributed by atoms with Gasteiger partial charge < -0.3 is 25.0 Å². The Balaban J connectivity index is 2.36. The fourth-order valence-electron chi connectivity index (χ4n) is 2.90. The molecule has 2 rings (SSSR count). The summed E-state index contributed by atoms with van der Waals surface area (Å²) in [5.74, 6) is 0.447. The number of aliphatic hydroxyl groups is 1. The topological polar surface area (TPSA) is 90.2 Å². The van der Waals surface area contributed by atoms with E-state index in [1.807, 2.05) is 0 Å². The zero-order valence-corrected chi connectivity index (χ0v) is 11.3. The molecule has 6 heteroatoms. The van der Waals surface area contributed by atoms with Gasteiger partial charge >= 0.3 is 6.09 Å². The highest BCUT2D eigenvalue weighted by molar-refractivity contribution is 5.66. The van der Waals surface area contributed by atoms with Gasteiger partial charge in [-0.2, -0.15) is 0 Å². The van der Waals surface area contributed by atoms with Gasteiger partial charge in [-0.3, -0.25) is 0 Å². The average Bonchev–Trinajstić information content (AvgIpc) is 2.83. The van der Waals surface area contributed by atoms with Crippen LogP contribution in [0.2, 0.25) is 0 Å². The molecule has 0 radical (unpaired) electrons. The minimum atomic E-state index is -0.982. The minimum Gasteiger partial charge on any atom is -0.508 e. The molecule has 110 valence electrons. The van der Waals surface area contributed by atoms with Gasteiger partial charge in [-0.05, 0) is 24.5 Å². The van der Waals surface area contributed by atoms with Crippen LogP contribution < -0.4 is 4.74 Å². The second-order valence-corrected chi connectivity index (χ2v) is 4.96. The molecule has 20 heavy (non-hydrogen) atoms. The van der Waals surface area contributed by atoms with E-state index in [2.05, 4.69) is 0 Å². The summed E-state index contributed by atoms with van der Waals surface area (Å²) in [6.45, 7) is 0.649. The normalized spacial score (nSPS) is 22.0. The molecule has 1 fully saturated rings. The predicted octanol–water partition coefficient (Wildman–Crippen LogP) is 1.48. The highest BCUT2D eigenvalue weighted by atomic mass is 16.5. The molecule has 1 aliphatic heterocycles. The summed E-state index contributed by atoms with van der Waals surface area (Å²) in [5.41, 5.74) is 0.622. The molecule has 0 unspecified atom stereocenters. The maximum absolute atomic E-state index is 11.1. The van der Waals surface area contributed by atoms with Crippen LogP contribution in [0.1, 0.15) is 17.9 Å². The van der Waals surface area contributed by atoms with E-state index >= 15 is 0 Å². The third kappa shape index (κ3) is 2.65. The second kappa shape index (κ2) is 6.00. The summed E-state index contributed by atoms with van der Waals surface area (Å²) in [5, 5.41) is 28.4. The average molecular weight is 281 g/mol.